The van der Waals surface area contributed by atoms with Crippen LogP contribution in [0.1, 0.15) is 0 Å². The van der Waals surface area contributed by atoms with E-state index in [4.69, 9.17) is 0 Å². The first kappa shape index (κ1) is 42.3. The molecule has 2 radical (unpaired) electrons. The summed E-state index contributed by atoms with van der Waals surface area (Å²) in [7, 11) is 0. The van der Waals surface area contributed by atoms with E-state index in [9.17, 15) is 0 Å². The van der Waals surface area contributed by atoms with Crippen LogP contribution in [0.2, 0.25) is 0 Å². The molecule has 0 aromatic carbocycles. The van der Waals surface area contributed by atoms with Crippen LogP contribution in [0.3, 0.4) is 0 Å². The molecule has 7 heteroatoms. The largest absolute Gasteiger partial charge is 0 e. The molecule has 0 aliphatic heterocycles. The predicted octanol–water partition coefficient (Wildman–Crippen LogP) is -0.929. The molecular formula is H2BCoCrPdPtReTb. The molecule has 0 amide bonds. The Kier molecular flexibility index (Phi) is 287. The van der Waals surface area contributed by atoms with E-state index in [1.54, 1.807) is 19.0 Å². The second kappa shape index (κ2) is 47.4. The zero-order chi connectivity index (χ0) is 2.00. The molecule has 7 heavy (non-hydrogen) atoms. The predicted molar refractivity (Wildman–Crippen MR) is 8.54 cm³/mol. The van der Waals surface area contributed by atoms with Crippen LogP contribution in [-0.4, -0.2) is 6.20 Å². The van der Waals surface area contributed by atoms with E-state index in [1.807, 2.05) is 0 Å². The Hall–Kier alpha value is 4.40. The fraction of sp³-hybridized carbons (Fsp3) is 0. The number of hydrogen-bond acceptors (Lipinski definition) is 0. The Morgan fingerprint density at radius 3 is 1.14 bits per heavy atom. The summed E-state index contributed by atoms with van der Waals surface area (Å²) in [6, 6.07) is 0. The molecule has 0 aliphatic carbocycles. The van der Waals surface area contributed by atoms with Crippen molar-refractivity contribution in [2.75, 3.05) is 0 Å². The van der Waals surface area contributed by atoms with Gasteiger partial charge in [-0.3, -0.25) is 0 Å². The molecule has 0 rings (SSSR count). The molecular weight excluding hydrogens is 768 g/mol. The van der Waals surface area contributed by atoms with E-state index in [2.05, 4.69) is 6.20 Å². The number of rotatable bonds is 0. The van der Waals surface area contributed by atoms with Crippen LogP contribution in [0, 0.1) is 38.6 Å². The molecule has 56 valence electrons. The van der Waals surface area contributed by atoms with Gasteiger partial charge in [0.1, 0.15) is 0 Å². The van der Waals surface area contributed by atoms with Crippen LogP contribution < -0.4 is 0 Å². The van der Waals surface area contributed by atoms with Crippen molar-refractivity contribution in [3.8, 4) is 0 Å². The fourth-order valence-corrected chi connectivity index (χ4v) is 0. The van der Waals surface area contributed by atoms with Crippen molar-refractivity contribution in [3.05, 3.63) is 0 Å². The van der Waals surface area contributed by atoms with Gasteiger partial charge in [-0.1, -0.05) is 0 Å². The first-order valence-corrected chi connectivity index (χ1v) is 3.09. The van der Waals surface area contributed by atoms with E-state index in [0.29, 0.717) is 0 Å². The van der Waals surface area contributed by atoms with Gasteiger partial charge in [0.25, 0.3) is 0 Å². The Morgan fingerprint density at radius 2 is 1.14 bits per heavy atom. The summed E-state index contributed by atoms with van der Waals surface area (Å²) in [5.74, 6) is 0. The van der Waals surface area contributed by atoms with Gasteiger partial charge in [0.15, 0.2) is 0 Å². The van der Waals surface area contributed by atoms with Crippen LogP contribution in [0.5, 0.6) is 0 Å². The molecule has 0 saturated carbocycles. The van der Waals surface area contributed by atoms with E-state index in [0.717, 1.165) is 0 Å². The van der Waals surface area contributed by atoms with Gasteiger partial charge < -0.3 is 0 Å². The summed E-state index contributed by atoms with van der Waals surface area (Å²) >= 11 is 1.72. The van der Waals surface area contributed by atoms with Gasteiger partial charge in [0.05, 0.1) is 0 Å². The molecule has 0 saturated heterocycles. The Morgan fingerprint density at radius 1 is 1.14 bits per heavy atom. The maximum Gasteiger partial charge on any atom is 0 e. The first-order valence-electron chi connectivity index (χ1n) is 0.378. The minimum atomic E-state index is 0. The first-order chi connectivity index (χ1) is 1.00. The molecule has 0 N–H and O–H groups in total. The van der Waals surface area contributed by atoms with Gasteiger partial charge in [0, 0.05) is 114 Å². The fourth-order valence-electron chi connectivity index (χ4n) is 0. The summed E-state index contributed by atoms with van der Waals surface area (Å²) in [6.45, 7) is 0. The van der Waals surface area contributed by atoms with E-state index >= 15 is 0 Å². The van der Waals surface area contributed by atoms with Gasteiger partial charge >= 0.3 is 25.2 Å². The maximum atomic E-state index is 2.06. The van der Waals surface area contributed by atoms with Gasteiger partial charge in [-0.05, 0) is 0 Å². The molecule has 0 unspecified atom stereocenters. The molecule has 0 aliphatic rings. The van der Waals surface area contributed by atoms with Crippen LogP contribution in [-0.2, 0) is 94.6 Å². The maximum absolute atomic E-state index is 2.06. The summed E-state index contributed by atoms with van der Waals surface area (Å²) in [5.41, 5.74) is 0. The second-order valence-corrected chi connectivity index (χ2v) is 0. The third kappa shape index (κ3) is 37.9. The quantitative estimate of drug-likeness (QED) is 0.280. The Labute approximate surface area is 136 Å². The summed E-state index contributed by atoms with van der Waals surface area (Å²) < 4.78 is 0. The average molecular weight is 770 g/mol. The SMILES string of the molecule is [BH2][Re].[Co].[Cr].[Pd].[Pt].[Tb]. The van der Waals surface area contributed by atoms with Crippen LogP contribution in [0.25, 0.3) is 0 Å². The monoisotopic (exact) mass is 771 g/mol. The second-order valence-electron chi connectivity index (χ2n) is 0. The van der Waals surface area contributed by atoms with Crippen molar-refractivity contribution in [3.63, 3.8) is 0 Å². The number of hydrogen-bond donors (Lipinski definition) is 0. The minimum absolute atomic E-state index is 0. The zero-order valence-corrected chi connectivity index (χ0v) is 14.1. The smallest absolute Gasteiger partial charge is 0 e. The van der Waals surface area contributed by atoms with Crippen molar-refractivity contribution >= 4 is 6.20 Å². The molecule has 0 bridgehead atoms. The molecule has 0 heterocycles. The topological polar surface area (TPSA) is 0 Å². The molecule has 0 aromatic heterocycles. The normalized spacial score (nSPS) is 0.714. The molecule has 0 nitrogen and oxygen atoms in total. The van der Waals surface area contributed by atoms with Crippen molar-refractivity contribution in [2.24, 2.45) is 0 Å². The van der Waals surface area contributed by atoms with Gasteiger partial charge in [-0.15, -0.1) is 0 Å². The molecule has 0 fully saturated rings. The minimum Gasteiger partial charge on any atom is 0 e. The summed E-state index contributed by atoms with van der Waals surface area (Å²) in [6.07, 6.45) is 2.06. The molecule has 0 spiro atoms. The summed E-state index contributed by atoms with van der Waals surface area (Å²) in [4.78, 5) is 0. The van der Waals surface area contributed by atoms with Crippen LogP contribution in [0.15, 0.2) is 0 Å². The van der Waals surface area contributed by atoms with Crippen molar-refractivity contribution in [1.29, 1.82) is 0 Å². The van der Waals surface area contributed by atoms with Crippen LogP contribution in [0.4, 0.5) is 0 Å². The van der Waals surface area contributed by atoms with E-state index < -0.39 is 0 Å². The summed E-state index contributed by atoms with van der Waals surface area (Å²) in [5, 5.41) is 0. The average Bonchev–Trinajstić information content (AvgIpc) is 1.00. The molecule has 0 atom stereocenters. The molecule has 0 aromatic rings. The Bertz CT molecular complexity index is 19.7. The van der Waals surface area contributed by atoms with Gasteiger partial charge in [-0.2, -0.15) is 0 Å². The zero-order valence-electron chi connectivity index (χ0n) is 3.09. The van der Waals surface area contributed by atoms with Gasteiger partial charge in [-0.25, -0.2) is 0 Å². The van der Waals surface area contributed by atoms with E-state index in [-0.39, 0.29) is 114 Å². The van der Waals surface area contributed by atoms with Crippen molar-refractivity contribution < 1.29 is 133 Å². The van der Waals surface area contributed by atoms with E-state index in [1.165, 1.54) is 0 Å². The van der Waals surface area contributed by atoms with Crippen LogP contribution >= 0.6 is 0 Å². The van der Waals surface area contributed by atoms with Gasteiger partial charge in [0.2, 0.25) is 0 Å². The Balaban J connectivity index is -0.000000000500. The third-order valence-electron chi connectivity index (χ3n) is 0. The standard InChI is InChI=1S/BH2.Co.Cr.Pd.Pt.Re.Tb/h1H2;;;;;;/q+1;;;;;-1;. The third-order valence-corrected chi connectivity index (χ3v) is 0. The van der Waals surface area contributed by atoms with Crippen molar-refractivity contribution in [1.82, 2.24) is 0 Å². The van der Waals surface area contributed by atoms with Crippen molar-refractivity contribution in [2.45, 2.75) is 0 Å².